The van der Waals surface area contributed by atoms with Crippen LogP contribution in [0.2, 0.25) is 0 Å². The summed E-state index contributed by atoms with van der Waals surface area (Å²) >= 11 is 0. The van der Waals surface area contributed by atoms with E-state index in [2.05, 4.69) is 5.32 Å². The lowest BCUT2D eigenvalue weighted by molar-refractivity contribution is 0.215. The summed E-state index contributed by atoms with van der Waals surface area (Å²) in [5, 5.41) is 12.3. The molecule has 1 heterocycles. The molecule has 2 rings (SSSR count). The molecule has 0 aliphatic carbocycles. The minimum absolute atomic E-state index is 0.100. The molecule has 1 aromatic rings. The number of nitrogens with one attached hydrogen (secondary N) is 1. The van der Waals surface area contributed by atoms with E-state index in [0.717, 1.165) is 0 Å². The number of phenols is 1. The van der Waals surface area contributed by atoms with E-state index in [0.29, 0.717) is 30.9 Å². The highest BCUT2D eigenvalue weighted by molar-refractivity contribution is 5.76. The number of hydrogen-bond donors (Lipinski definition) is 3. The number of rotatable bonds is 2. The van der Waals surface area contributed by atoms with Gasteiger partial charge in [-0.15, -0.1) is 0 Å². The molecule has 5 nitrogen and oxygen atoms in total. The molecule has 1 aromatic carbocycles. The van der Waals surface area contributed by atoms with Crippen molar-refractivity contribution in [3.63, 3.8) is 0 Å². The van der Waals surface area contributed by atoms with Gasteiger partial charge < -0.3 is 21.1 Å². The first-order valence-corrected chi connectivity index (χ1v) is 4.77. The Balaban J connectivity index is 2.16. The summed E-state index contributed by atoms with van der Waals surface area (Å²) in [4.78, 5) is 12.9. The average molecular weight is 207 g/mol. The van der Waals surface area contributed by atoms with Crippen molar-refractivity contribution in [1.29, 1.82) is 0 Å². The Morgan fingerprint density at radius 1 is 1.53 bits per heavy atom. The number of anilines is 1. The number of phenolic OH excluding ortho intramolecular Hbond substituents is 1. The number of nitrogens with zero attached hydrogens (tertiary/aromatic N) is 1. The summed E-state index contributed by atoms with van der Waals surface area (Å²) in [6, 6.07) is 4.75. The topological polar surface area (TPSA) is 78.6 Å². The van der Waals surface area contributed by atoms with Crippen LogP contribution in [-0.2, 0) is 6.54 Å². The first kappa shape index (κ1) is 9.64. The Labute approximate surface area is 87.5 Å². The Kier molecular flexibility index (Phi) is 2.37. The second-order valence-corrected chi connectivity index (χ2v) is 3.54. The monoisotopic (exact) mass is 207 g/mol. The lowest BCUT2D eigenvalue weighted by Crippen LogP contribution is -2.27. The number of aromatic hydroxyl groups is 1. The summed E-state index contributed by atoms with van der Waals surface area (Å²) in [5.74, 6) is 0.170. The van der Waals surface area contributed by atoms with Gasteiger partial charge in [0.25, 0.3) is 0 Å². The van der Waals surface area contributed by atoms with E-state index in [-0.39, 0.29) is 11.8 Å². The zero-order valence-corrected chi connectivity index (χ0v) is 8.23. The van der Waals surface area contributed by atoms with Gasteiger partial charge in [0.15, 0.2) is 0 Å². The van der Waals surface area contributed by atoms with Gasteiger partial charge in [-0.3, -0.25) is 0 Å². The zero-order chi connectivity index (χ0) is 10.8. The third-order valence-electron chi connectivity index (χ3n) is 2.41. The molecule has 0 saturated carbocycles. The fourth-order valence-electron chi connectivity index (χ4n) is 1.60. The number of carbonyl (C=O) groups excluding carboxylic acids is 1. The van der Waals surface area contributed by atoms with E-state index in [4.69, 9.17) is 5.73 Å². The van der Waals surface area contributed by atoms with Gasteiger partial charge in [0.05, 0.1) is 6.54 Å². The predicted octanol–water partition coefficient (Wildman–Crippen LogP) is 0.500. The van der Waals surface area contributed by atoms with E-state index in [1.165, 1.54) is 0 Å². The van der Waals surface area contributed by atoms with Crippen LogP contribution in [0.25, 0.3) is 0 Å². The third kappa shape index (κ3) is 1.96. The van der Waals surface area contributed by atoms with Crippen LogP contribution in [0.15, 0.2) is 18.2 Å². The molecule has 4 N–H and O–H groups in total. The largest absolute Gasteiger partial charge is 0.508 e. The molecule has 80 valence electrons. The lowest BCUT2D eigenvalue weighted by atomic mass is 10.1. The maximum atomic E-state index is 11.3. The van der Waals surface area contributed by atoms with Crippen molar-refractivity contribution >= 4 is 11.7 Å². The van der Waals surface area contributed by atoms with Crippen LogP contribution >= 0.6 is 0 Å². The Bertz CT molecular complexity index is 392. The van der Waals surface area contributed by atoms with E-state index in [9.17, 15) is 9.90 Å². The number of benzene rings is 1. The zero-order valence-electron chi connectivity index (χ0n) is 8.23. The molecule has 15 heavy (non-hydrogen) atoms. The normalized spacial score (nSPS) is 15.5. The van der Waals surface area contributed by atoms with Crippen molar-refractivity contribution in [1.82, 2.24) is 10.2 Å². The summed E-state index contributed by atoms with van der Waals surface area (Å²) in [5.41, 5.74) is 6.86. The smallest absolute Gasteiger partial charge is 0.317 e. The maximum Gasteiger partial charge on any atom is 0.317 e. The third-order valence-corrected chi connectivity index (χ3v) is 2.41. The van der Waals surface area contributed by atoms with Gasteiger partial charge in [0.1, 0.15) is 5.75 Å². The van der Waals surface area contributed by atoms with Gasteiger partial charge in [-0.25, -0.2) is 4.79 Å². The molecule has 0 spiro atoms. The fraction of sp³-hybridized carbons (Fsp3) is 0.300. The average Bonchev–Trinajstić information content (AvgIpc) is 2.58. The SMILES string of the molecule is Nc1ccc(O)c(CN2CCNC2=O)c1. The molecule has 1 fully saturated rings. The van der Waals surface area contributed by atoms with Gasteiger partial charge in [0.2, 0.25) is 0 Å². The van der Waals surface area contributed by atoms with Gasteiger partial charge in [-0.05, 0) is 18.2 Å². The quantitative estimate of drug-likeness (QED) is 0.488. The highest BCUT2D eigenvalue weighted by atomic mass is 16.3. The van der Waals surface area contributed by atoms with E-state index in [1.54, 1.807) is 23.1 Å². The second kappa shape index (κ2) is 3.68. The molecule has 1 saturated heterocycles. The van der Waals surface area contributed by atoms with Crippen molar-refractivity contribution in [2.24, 2.45) is 0 Å². The van der Waals surface area contributed by atoms with Crippen LogP contribution in [0.4, 0.5) is 10.5 Å². The van der Waals surface area contributed by atoms with E-state index >= 15 is 0 Å². The van der Waals surface area contributed by atoms with Crippen molar-refractivity contribution in [3.05, 3.63) is 23.8 Å². The molecule has 0 radical (unpaired) electrons. The first-order valence-electron chi connectivity index (χ1n) is 4.77. The molecule has 0 bridgehead atoms. The van der Waals surface area contributed by atoms with Crippen LogP contribution in [0.3, 0.4) is 0 Å². The maximum absolute atomic E-state index is 11.3. The minimum atomic E-state index is -0.100. The number of hydrogen-bond acceptors (Lipinski definition) is 3. The molecule has 0 aromatic heterocycles. The number of nitrogen functional groups attached to an aromatic ring is 1. The van der Waals surface area contributed by atoms with Crippen molar-refractivity contribution in [3.8, 4) is 5.75 Å². The minimum Gasteiger partial charge on any atom is -0.508 e. The molecule has 1 aliphatic rings. The Morgan fingerprint density at radius 2 is 2.33 bits per heavy atom. The standard InChI is InChI=1S/C10H13N3O2/c11-8-1-2-9(14)7(5-8)6-13-4-3-12-10(13)15/h1-2,5,14H,3-4,6,11H2,(H,12,15). The molecule has 0 atom stereocenters. The molecular formula is C10H13N3O2. The fourth-order valence-corrected chi connectivity index (χ4v) is 1.60. The lowest BCUT2D eigenvalue weighted by Gasteiger charge is -2.15. The Hall–Kier alpha value is -1.91. The first-order chi connectivity index (χ1) is 7.16. The van der Waals surface area contributed by atoms with Crippen LogP contribution in [0.1, 0.15) is 5.56 Å². The van der Waals surface area contributed by atoms with E-state index in [1.807, 2.05) is 0 Å². The summed E-state index contributed by atoms with van der Waals surface area (Å²) < 4.78 is 0. The van der Waals surface area contributed by atoms with Gasteiger partial charge >= 0.3 is 6.03 Å². The molecule has 2 amide bonds. The van der Waals surface area contributed by atoms with Crippen molar-refractivity contribution < 1.29 is 9.90 Å². The number of urea groups is 1. The predicted molar refractivity (Wildman–Crippen MR) is 56.3 cm³/mol. The van der Waals surface area contributed by atoms with Crippen LogP contribution < -0.4 is 11.1 Å². The summed E-state index contributed by atoms with van der Waals surface area (Å²) in [6.07, 6.45) is 0. The van der Waals surface area contributed by atoms with Crippen LogP contribution in [-0.4, -0.2) is 29.1 Å². The van der Waals surface area contributed by atoms with Gasteiger partial charge in [-0.2, -0.15) is 0 Å². The number of nitrogens with two attached hydrogens (primary N) is 1. The van der Waals surface area contributed by atoms with Gasteiger partial charge in [0, 0.05) is 24.3 Å². The number of amides is 2. The van der Waals surface area contributed by atoms with Crippen LogP contribution in [0.5, 0.6) is 5.75 Å². The highest BCUT2D eigenvalue weighted by Crippen LogP contribution is 2.21. The van der Waals surface area contributed by atoms with Gasteiger partial charge in [-0.1, -0.05) is 0 Å². The molecule has 1 aliphatic heterocycles. The summed E-state index contributed by atoms with van der Waals surface area (Å²) in [7, 11) is 0. The Morgan fingerprint density at radius 3 is 3.00 bits per heavy atom. The number of carbonyl (C=O) groups is 1. The van der Waals surface area contributed by atoms with Crippen molar-refractivity contribution in [2.45, 2.75) is 6.54 Å². The van der Waals surface area contributed by atoms with E-state index < -0.39 is 0 Å². The molecular weight excluding hydrogens is 194 g/mol. The second-order valence-electron chi connectivity index (χ2n) is 3.54. The molecule has 0 unspecified atom stereocenters. The van der Waals surface area contributed by atoms with Crippen LogP contribution in [0, 0.1) is 0 Å². The summed E-state index contributed by atoms with van der Waals surface area (Å²) in [6.45, 7) is 1.71. The highest BCUT2D eigenvalue weighted by Gasteiger charge is 2.20. The van der Waals surface area contributed by atoms with Crippen molar-refractivity contribution in [2.75, 3.05) is 18.8 Å². The molecule has 5 heteroatoms.